The summed E-state index contributed by atoms with van der Waals surface area (Å²) < 4.78 is 3.87. The zero-order valence-corrected chi connectivity index (χ0v) is 15.4. The van der Waals surface area contributed by atoms with Crippen LogP contribution in [-0.4, -0.2) is 24.5 Å². The van der Waals surface area contributed by atoms with Crippen molar-refractivity contribution in [2.24, 2.45) is 14.1 Å². The molecule has 0 N–H and O–H groups in total. The lowest BCUT2D eigenvalue weighted by Gasteiger charge is -2.10. The fourth-order valence-corrected chi connectivity index (χ4v) is 3.17. The molecule has 2 heterocycles. The van der Waals surface area contributed by atoms with Crippen LogP contribution in [0.3, 0.4) is 0 Å². The van der Waals surface area contributed by atoms with Gasteiger partial charge in [0.15, 0.2) is 16.9 Å². The second kappa shape index (κ2) is 6.74. The normalized spacial score (nSPS) is 11.2. The van der Waals surface area contributed by atoms with Crippen LogP contribution in [0.25, 0.3) is 11.2 Å². The molecule has 0 aliphatic carbocycles. The molecular formula is C19H22N4O3. The lowest BCUT2D eigenvalue weighted by atomic mass is 9.97. The number of hydrogen-bond donors (Lipinski definition) is 0. The first kappa shape index (κ1) is 17.8. The predicted octanol–water partition coefficient (Wildman–Crippen LogP) is 1.44. The van der Waals surface area contributed by atoms with E-state index in [9.17, 15) is 14.4 Å². The number of hydrogen-bond acceptors (Lipinski definition) is 4. The van der Waals surface area contributed by atoms with Crippen LogP contribution in [0.15, 0.2) is 34.1 Å². The molecule has 0 atom stereocenters. The van der Waals surface area contributed by atoms with Crippen LogP contribution in [0.5, 0.6) is 0 Å². The molecular weight excluding hydrogens is 332 g/mol. The van der Waals surface area contributed by atoms with Crippen molar-refractivity contribution in [3.05, 3.63) is 62.1 Å². The monoisotopic (exact) mass is 354 g/mol. The number of Topliss-reactive ketones (excluding diaryl/α,β-unsaturated/α-hetero) is 1. The number of aryl methyl sites for hydroxylation is 3. The number of nitrogens with zero attached hydrogens (tertiary/aromatic N) is 4. The fraction of sp³-hybridized carbons (Fsp3) is 0.368. The largest absolute Gasteiger partial charge is 0.332 e. The molecule has 136 valence electrons. The van der Waals surface area contributed by atoms with Crippen LogP contribution in [0.2, 0.25) is 0 Å². The van der Waals surface area contributed by atoms with Crippen LogP contribution < -0.4 is 11.2 Å². The molecule has 0 unspecified atom stereocenters. The highest BCUT2D eigenvalue weighted by molar-refractivity contribution is 5.98. The fourth-order valence-electron chi connectivity index (χ4n) is 3.17. The van der Waals surface area contributed by atoms with Gasteiger partial charge in [0.1, 0.15) is 0 Å². The number of fused-ring (bicyclic) bond motifs is 1. The maximum atomic E-state index is 12.9. The van der Waals surface area contributed by atoms with Gasteiger partial charge in [-0.05, 0) is 30.0 Å². The van der Waals surface area contributed by atoms with Crippen LogP contribution >= 0.6 is 0 Å². The minimum atomic E-state index is -0.452. The third-order valence-corrected chi connectivity index (χ3v) is 4.79. The van der Waals surface area contributed by atoms with Gasteiger partial charge in [-0.15, -0.1) is 0 Å². The highest BCUT2D eigenvalue weighted by Crippen LogP contribution is 2.16. The molecule has 0 amide bonds. The zero-order valence-electron chi connectivity index (χ0n) is 15.4. The highest BCUT2D eigenvalue weighted by Gasteiger charge is 2.18. The Kier molecular flexibility index (Phi) is 4.63. The molecule has 7 heteroatoms. The van der Waals surface area contributed by atoms with Crippen molar-refractivity contribution in [2.75, 3.05) is 0 Å². The molecule has 3 aromatic rings. The number of aromatic nitrogens is 4. The molecule has 1 aromatic carbocycles. The van der Waals surface area contributed by atoms with E-state index in [1.54, 1.807) is 7.05 Å². The summed E-state index contributed by atoms with van der Waals surface area (Å²) in [5.74, 6) is -0.0765. The van der Waals surface area contributed by atoms with Gasteiger partial charge in [0.05, 0.1) is 12.9 Å². The van der Waals surface area contributed by atoms with Crippen LogP contribution in [0.1, 0.15) is 35.3 Å². The summed E-state index contributed by atoms with van der Waals surface area (Å²) >= 11 is 0. The number of carbonyl (C=O) groups excluding carboxylic acids is 1. The van der Waals surface area contributed by atoms with Crippen molar-refractivity contribution < 1.29 is 4.79 Å². The average molecular weight is 354 g/mol. The quantitative estimate of drug-likeness (QED) is 0.650. The van der Waals surface area contributed by atoms with Crippen molar-refractivity contribution in [3.63, 3.8) is 0 Å². The third kappa shape index (κ3) is 2.79. The molecule has 0 aliphatic heterocycles. The van der Waals surface area contributed by atoms with E-state index in [1.807, 2.05) is 32.0 Å². The number of imidazole rings is 1. The Hall–Kier alpha value is -2.96. The number of carbonyl (C=O) groups is 1. The van der Waals surface area contributed by atoms with Gasteiger partial charge in [0, 0.05) is 19.7 Å². The Balaban J connectivity index is 2.09. The van der Waals surface area contributed by atoms with Crippen molar-refractivity contribution in [1.82, 2.24) is 18.7 Å². The molecule has 0 radical (unpaired) electrons. The number of rotatable bonds is 5. The smallest absolute Gasteiger partial charge is 0.317 e. The molecule has 2 aromatic heterocycles. The van der Waals surface area contributed by atoms with E-state index in [4.69, 9.17) is 0 Å². The zero-order chi connectivity index (χ0) is 19.0. The molecule has 26 heavy (non-hydrogen) atoms. The Labute approximate surface area is 150 Å². The maximum Gasteiger partial charge on any atom is 0.332 e. The molecule has 0 spiro atoms. The van der Waals surface area contributed by atoms with E-state index in [1.165, 1.54) is 22.5 Å². The third-order valence-electron chi connectivity index (χ3n) is 4.79. The summed E-state index contributed by atoms with van der Waals surface area (Å²) in [6.07, 6.45) is 3.05. The second-order valence-electron chi connectivity index (χ2n) is 6.37. The second-order valence-corrected chi connectivity index (χ2v) is 6.37. The van der Waals surface area contributed by atoms with Crippen molar-refractivity contribution in [3.8, 4) is 0 Å². The summed E-state index contributed by atoms with van der Waals surface area (Å²) in [5.41, 5.74) is 2.40. The van der Waals surface area contributed by atoms with Gasteiger partial charge in [0.2, 0.25) is 0 Å². The Morgan fingerprint density at radius 1 is 1.08 bits per heavy atom. The van der Waals surface area contributed by atoms with E-state index >= 15 is 0 Å². The van der Waals surface area contributed by atoms with Crippen LogP contribution in [0, 0.1) is 0 Å². The topological polar surface area (TPSA) is 78.9 Å². The van der Waals surface area contributed by atoms with Gasteiger partial charge < -0.3 is 4.57 Å². The molecule has 0 bridgehead atoms. The van der Waals surface area contributed by atoms with E-state index in [-0.39, 0.29) is 23.5 Å². The molecule has 0 saturated heterocycles. The van der Waals surface area contributed by atoms with Gasteiger partial charge in [-0.1, -0.05) is 26.0 Å². The predicted molar refractivity (Wildman–Crippen MR) is 99.7 cm³/mol. The molecule has 0 fully saturated rings. The average Bonchev–Trinajstić information content (AvgIpc) is 3.07. The van der Waals surface area contributed by atoms with Gasteiger partial charge in [-0.3, -0.25) is 18.7 Å². The van der Waals surface area contributed by atoms with Gasteiger partial charge in [-0.2, -0.15) is 0 Å². The van der Waals surface area contributed by atoms with Gasteiger partial charge in [0.25, 0.3) is 5.56 Å². The van der Waals surface area contributed by atoms with E-state index < -0.39 is 11.2 Å². The van der Waals surface area contributed by atoms with Crippen LogP contribution in [-0.2, 0) is 33.5 Å². The summed E-state index contributed by atoms with van der Waals surface area (Å²) in [5, 5.41) is 0. The Bertz CT molecular complexity index is 1120. The van der Waals surface area contributed by atoms with Crippen molar-refractivity contribution in [1.29, 1.82) is 0 Å². The highest BCUT2D eigenvalue weighted by atomic mass is 16.2. The maximum absolute atomic E-state index is 12.9. The molecule has 0 aliphatic rings. The van der Waals surface area contributed by atoms with Gasteiger partial charge >= 0.3 is 5.69 Å². The summed E-state index contributed by atoms with van der Waals surface area (Å²) in [7, 11) is 2.98. The molecule has 7 nitrogen and oxygen atoms in total. The van der Waals surface area contributed by atoms with E-state index in [0.29, 0.717) is 5.56 Å². The summed E-state index contributed by atoms with van der Waals surface area (Å²) in [6.45, 7) is 4.06. The standard InChI is InChI=1S/C19H22N4O3/c1-5-12-7-8-13(6-2)14(9-12)15(24)10-23-11-20-17-16(23)18(25)22(4)19(26)21(17)3/h7-9,11H,5-6,10H2,1-4H3. The van der Waals surface area contributed by atoms with Crippen molar-refractivity contribution >= 4 is 16.9 Å². The Morgan fingerprint density at radius 3 is 2.46 bits per heavy atom. The van der Waals surface area contributed by atoms with E-state index in [0.717, 1.165) is 28.5 Å². The molecule has 0 saturated carbocycles. The minimum absolute atomic E-state index is 0.00408. The SMILES string of the molecule is CCc1ccc(CC)c(C(=O)Cn2cnc3c2c(=O)n(C)c(=O)n3C)c1. The Morgan fingerprint density at radius 2 is 1.81 bits per heavy atom. The number of benzene rings is 1. The minimum Gasteiger partial charge on any atom is -0.317 e. The van der Waals surface area contributed by atoms with Crippen LogP contribution in [0.4, 0.5) is 0 Å². The first-order valence-corrected chi connectivity index (χ1v) is 8.64. The lowest BCUT2D eigenvalue weighted by molar-refractivity contribution is 0.0972. The van der Waals surface area contributed by atoms with Crippen molar-refractivity contribution in [2.45, 2.75) is 33.2 Å². The van der Waals surface area contributed by atoms with Gasteiger partial charge in [-0.25, -0.2) is 9.78 Å². The summed E-state index contributed by atoms with van der Waals surface area (Å²) in [6, 6.07) is 5.95. The summed E-state index contributed by atoms with van der Waals surface area (Å²) in [4.78, 5) is 41.6. The van der Waals surface area contributed by atoms with E-state index in [2.05, 4.69) is 4.98 Å². The first-order valence-electron chi connectivity index (χ1n) is 8.64. The number of ketones is 1. The lowest BCUT2D eigenvalue weighted by Crippen LogP contribution is -2.37. The first-order chi connectivity index (χ1) is 12.4. The molecule has 3 rings (SSSR count).